The average Bonchev–Trinajstić information content (AvgIpc) is 3.04. The van der Waals surface area contributed by atoms with Crippen molar-refractivity contribution >= 4 is 34.5 Å². The monoisotopic (exact) mass is 327 g/mol. The summed E-state index contributed by atoms with van der Waals surface area (Å²) in [5, 5.41) is 3.45. The number of aromatic amines is 1. The van der Waals surface area contributed by atoms with Crippen molar-refractivity contribution in [2.75, 3.05) is 5.32 Å². The summed E-state index contributed by atoms with van der Waals surface area (Å²) in [5.41, 5.74) is 3.33. The van der Waals surface area contributed by atoms with Crippen molar-refractivity contribution in [2.45, 2.75) is 30.5 Å². The first-order valence-corrected chi connectivity index (χ1v) is 8.23. The van der Waals surface area contributed by atoms with Gasteiger partial charge in [-0.2, -0.15) is 0 Å². The quantitative estimate of drug-likeness (QED) is 0.555. The molecule has 0 aliphatic heterocycles. The third-order valence-corrected chi connectivity index (χ3v) is 4.79. The molecule has 0 bridgehead atoms. The molecule has 7 heteroatoms. The van der Waals surface area contributed by atoms with E-state index in [2.05, 4.69) is 25.3 Å². The molecule has 2 N–H and O–H groups in total. The van der Waals surface area contributed by atoms with Crippen LogP contribution in [0.1, 0.15) is 18.9 Å². The van der Waals surface area contributed by atoms with Crippen molar-refractivity contribution in [3.05, 3.63) is 42.5 Å². The zero-order chi connectivity index (χ0) is 16.2. The van der Waals surface area contributed by atoms with E-state index in [9.17, 15) is 4.79 Å². The van der Waals surface area contributed by atoms with Crippen LogP contribution >= 0.6 is 11.8 Å². The Bertz CT molecular complexity index is 815. The second-order valence-electron chi connectivity index (χ2n) is 5.15. The van der Waals surface area contributed by atoms with Crippen LogP contribution in [0.15, 0.2) is 41.9 Å². The Morgan fingerprint density at radius 2 is 2.04 bits per heavy atom. The van der Waals surface area contributed by atoms with E-state index in [1.807, 2.05) is 38.1 Å². The van der Waals surface area contributed by atoms with Gasteiger partial charge in [0.2, 0.25) is 5.91 Å². The summed E-state index contributed by atoms with van der Waals surface area (Å²) in [6, 6.07) is 7.76. The highest BCUT2D eigenvalue weighted by Gasteiger charge is 2.20. The third kappa shape index (κ3) is 3.50. The highest BCUT2D eigenvalue weighted by Crippen LogP contribution is 2.28. The summed E-state index contributed by atoms with van der Waals surface area (Å²) in [6.45, 7) is 4.00. The Morgan fingerprint density at radius 3 is 2.78 bits per heavy atom. The van der Waals surface area contributed by atoms with E-state index >= 15 is 0 Å². The normalized spacial score (nSPS) is 12.3. The number of fused-ring (bicyclic) bond motifs is 1. The largest absolute Gasteiger partial charge is 0.341 e. The molecule has 2 aromatic heterocycles. The van der Waals surface area contributed by atoms with Crippen LogP contribution < -0.4 is 5.32 Å². The highest BCUT2D eigenvalue weighted by molar-refractivity contribution is 8.00. The molecular weight excluding hydrogens is 310 g/mol. The van der Waals surface area contributed by atoms with E-state index in [-0.39, 0.29) is 11.2 Å². The standard InChI is InChI=1S/C16H17N5OS/c1-3-12(15(22)21-11-6-4-10(2)5-7-11)23-16-13-14(18-8-17-13)19-9-20-16/h4-9,12H,3H2,1-2H3,(H,21,22)(H,17,18,19,20). The van der Waals surface area contributed by atoms with Gasteiger partial charge in [0.1, 0.15) is 16.9 Å². The number of nitrogens with one attached hydrogen (secondary N) is 2. The Kier molecular flexibility index (Phi) is 4.57. The number of amides is 1. The highest BCUT2D eigenvalue weighted by atomic mass is 32.2. The fraction of sp³-hybridized carbons (Fsp3) is 0.250. The maximum absolute atomic E-state index is 12.5. The van der Waals surface area contributed by atoms with Crippen LogP contribution in [0.3, 0.4) is 0 Å². The molecule has 1 atom stereocenters. The van der Waals surface area contributed by atoms with Crippen molar-refractivity contribution in [1.29, 1.82) is 0 Å². The van der Waals surface area contributed by atoms with E-state index in [1.165, 1.54) is 18.1 Å². The molecule has 0 aliphatic rings. The summed E-state index contributed by atoms with van der Waals surface area (Å²) < 4.78 is 0. The van der Waals surface area contributed by atoms with Crippen molar-refractivity contribution in [3.63, 3.8) is 0 Å². The van der Waals surface area contributed by atoms with Gasteiger partial charge in [-0.05, 0) is 25.5 Å². The van der Waals surface area contributed by atoms with E-state index in [4.69, 9.17) is 0 Å². The number of nitrogens with zero attached hydrogens (tertiary/aromatic N) is 3. The zero-order valence-electron chi connectivity index (χ0n) is 12.9. The third-order valence-electron chi connectivity index (χ3n) is 3.42. The van der Waals surface area contributed by atoms with Crippen molar-refractivity contribution in [3.8, 4) is 0 Å². The first-order valence-electron chi connectivity index (χ1n) is 7.35. The lowest BCUT2D eigenvalue weighted by Gasteiger charge is -2.14. The lowest BCUT2D eigenvalue weighted by molar-refractivity contribution is -0.115. The Labute approximate surface area is 138 Å². The van der Waals surface area contributed by atoms with Crippen LogP contribution in [0.25, 0.3) is 11.2 Å². The van der Waals surface area contributed by atoms with Crippen LogP contribution in [0.4, 0.5) is 5.69 Å². The first-order chi connectivity index (χ1) is 11.2. The molecular formula is C16H17N5OS. The zero-order valence-corrected chi connectivity index (χ0v) is 13.7. The van der Waals surface area contributed by atoms with Crippen molar-refractivity contribution in [2.24, 2.45) is 0 Å². The molecule has 0 saturated heterocycles. The fourth-order valence-corrected chi connectivity index (χ4v) is 3.13. The fourth-order valence-electron chi connectivity index (χ4n) is 2.15. The number of rotatable bonds is 5. The minimum atomic E-state index is -0.238. The molecule has 0 fully saturated rings. The molecule has 1 unspecified atom stereocenters. The molecule has 1 aromatic carbocycles. The van der Waals surface area contributed by atoms with Gasteiger partial charge in [-0.1, -0.05) is 36.4 Å². The smallest absolute Gasteiger partial charge is 0.237 e. The first kappa shape index (κ1) is 15.5. The maximum atomic E-state index is 12.5. The van der Waals surface area contributed by atoms with E-state index in [0.29, 0.717) is 12.1 Å². The maximum Gasteiger partial charge on any atom is 0.237 e. The number of aromatic nitrogens is 4. The molecule has 0 spiro atoms. The summed E-state index contributed by atoms with van der Waals surface area (Å²) in [6.07, 6.45) is 3.74. The van der Waals surface area contributed by atoms with Gasteiger partial charge >= 0.3 is 0 Å². The molecule has 0 saturated carbocycles. The summed E-state index contributed by atoms with van der Waals surface area (Å²) in [5.74, 6) is -0.0346. The molecule has 3 aromatic rings. The predicted molar refractivity (Wildman–Crippen MR) is 91.4 cm³/mol. The minimum absolute atomic E-state index is 0.0346. The summed E-state index contributed by atoms with van der Waals surface area (Å²) in [7, 11) is 0. The average molecular weight is 327 g/mol. The molecule has 2 heterocycles. The number of benzene rings is 1. The van der Waals surface area contributed by atoms with Gasteiger partial charge in [0.05, 0.1) is 11.6 Å². The van der Waals surface area contributed by atoms with E-state index in [1.54, 1.807) is 6.33 Å². The molecule has 6 nitrogen and oxygen atoms in total. The van der Waals surface area contributed by atoms with Crippen LogP contribution in [0, 0.1) is 6.92 Å². The number of imidazole rings is 1. The molecule has 3 rings (SSSR count). The van der Waals surface area contributed by atoms with Crippen LogP contribution in [0.5, 0.6) is 0 Å². The lowest BCUT2D eigenvalue weighted by atomic mass is 10.2. The SMILES string of the molecule is CCC(Sc1ncnc2nc[nH]c12)C(=O)Nc1ccc(C)cc1. The molecule has 118 valence electrons. The molecule has 0 radical (unpaired) electrons. The summed E-state index contributed by atoms with van der Waals surface area (Å²) >= 11 is 1.42. The second-order valence-corrected chi connectivity index (χ2v) is 6.34. The molecule has 0 aliphatic carbocycles. The van der Waals surface area contributed by atoms with Gasteiger partial charge in [0.15, 0.2) is 5.65 Å². The van der Waals surface area contributed by atoms with Crippen molar-refractivity contribution in [1.82, 2.24) is 19.9 Å². The summed E-state index contributed by atoms with van der Waals surface area (Å²) in [4.78, 5) is 28.0. The minimum Gasteiger partial charge on any atom is -0.341 e. The van der Waals surface area contributed by atoms with E-state index in [0.717, 1.165) is 21.8 Å². The lowest BCUT2D eigenvalue weighted by Crippen LogP contribution is -2.24. The number of carbonyl (C=O) groups excluding carboxylic acids is 1. The number of anilines is 1. The Hall–Kier alpha value is -2.41. The van der Waals surface area contributed by atoms with E-state index < -0.39 is 0 Å². The molecule has 1 amide bonds. The topological polar surface area (TPSA) is 83.6 Å². The van der Waals surface area contributed by atoms with Gasteiger partial charge < -0.3 is 10.3 Å². The van der Waals surface area contributed by atoms with Crippen LogP contribution in [-0.2, 0) is 4.79 Å². The number of H-pyrrole nitrogens is 1. The van der Waals surface area contributed by atoms with Crippen LogP contribution in [0.2, 0.25) is 0 Å². The van der Waals surface area contributed by atoms with Crippen molar-refractivity contribution < 1.29 is 4.79 Å². The number of carbonyl (C=O) groups is 1. The molecule has 23 heavy (non-hydrogen) atoms. The van der Waals surface area contributed by atoms with Gasteiger partial charge in [0, 0.05) is 5.69 Å². The Morgan fingerprint density at radius 1 is 1.26 bits per heavy atom. The van der Waals surface area contributed by atoms with Gasteiger partial charge in [0.25, 0.3) is 0 Å². The number of hydrogen-bond donors (Lipinski definition) is 2. The number of hydrogen-bond acceptors (Lipinski definition) is 5. The van der Waals surface area contributed by atoms with Gasteiger partial charge in [-0.3, -0.25) is 4.79 Å². The predicted octanol–water partition coefficient (Wildman–Crippen LogP) is 3.17. The number of aryl methyl sites for hydroxylation is 1. The van der Waals surface area contributed by atoms with Gasteiger partial charge in [-0.15, -0.1) is 0 Å². The Balaban J connectivity index is 1.75. The number of thioether (sulfide) groups is 1. The second kappa shape index (κ2) is 6.78. The van der Waals surface area contributed by atoms with Gasteiger partial charge in [-0.25, -0.2) is 15.0 Å². The van der Waals surface area contributed by atoms with Crippen LogP contribution in [-0.4, -0.2) is 31.1 Å².